The van der Waals surface area contributed by atoms with E-state index in [1.165, 1.54) is 95.5 Å². The molecule has 0 spiro atoms. The second-order valence-corrected chi connectivity index (χ2v) is 11.4. The number of hydrogen-bond acceptors (Lipinski definition) is 0. The zero-order valence-corrected chi connectivity index (χ0v) is 20.2. The maximum atomic E-state index is 12.8. The van der Waals surface area contributed by atoms with Gasteiger partial charge in [-0.15, -0.1) is 0 Å². The minimum absolute atomic E-state index is 0.337. The Morgan fingerprint density at radius 1 is 0.645 bits per heavy atom. The highest BCUT2D eigenvalue weighted by molar-refractivity contribution is 5.25. The normalized spacial score (nSPS) is 34.5. The van der Waals surface area contributed by atoms with Crippen LogP contribution in [-0.4, -0.2) is 0 Å². The van der Waals surface area contributed by atoms with Crippen molar-refractivity contribution in [2.75, 3.05) is 0 Å². The Bertz CT molecular complexity index is 610. The molecule has 3 aliphatic rings. The van der Waals surface area contributed by atoms with E-state index in [9.17, 15) is 4.39 Å². The molecule has 174 valence electrons. The van der Waals surface area contributed by atoms with E-state index in [0.29, 0.717) is 5.92 Å². The van der Waals surface area contributed by atoms with Crippen LogP contribution < -0.4 is 0 Å². The maximum Gasteiger partial charge on any atom is 0.115 e. The summed E-state index contributed by atoms with van der Waals surface area (Å²) in [6.45, 7) is 1.99. The molecule has 0 bridgehead atoms. The molecule has 1 aromatic rings. The zero-order valence-electron chi connectivity index (χ0n) is 20.2. The Morgan fingerprint density at radius 2 is 1.13 bits per heavy atom. The van der Waals surface area contributed by atoms with Crippen LogP contribution in [0.15, 0.2) is 24.3 Å². The van der Waals surface area contributed by atoms with Gasteiger partial charge in [0.25, 0.3) is 0 Å². The van der Waals surface area contributed by atoms with Gasteiger partial charge in [-0.2, -0.15) is 0 Å². The van der Waals surface area contributed by atoms with Gasteiger partial charge in [0, 0.05) is 0 Å². The van der Waals surface area contributed by atoms with Crippen LogP contribution in [0.5, 0.6) is 0 Å². The molecule has 31 heavy (non-hydrogen) atoms. The van der Waals surface area contributed by atoms with Crippen molar-refractivity contribution in [2.24, 2.45) is 29.6 Å². The summed E-state index contributed by atoms with van der Waals surface area (Å²) >= 11 is 0. The van der Waals surface area contributed by atoms with E-state index in [-0.39, 0.29) is 6.67 Å². The second-order valence-electron chi connectivity index (χ2n) is 11.4. The van der Waals surface area contributed by atoms with Gasteiger partial charge in [0.05, 0.1) is 0 Å². The lowest BCUT2D eigenvalue weighted by molar-refractivity contribution is 0.108. The lowest BCUT2D eigenvalue weighted by atomic mass is 9.64. The molecule has 0 heterocycles. The zero-order chi connectivity index (χ0) is 21.5. The van der Waals surface area contributed by atoms with Gasteiger partial charge >= 0.3 is 0 Å². The molecular weight excluding hydrogens is 379 g/mol. The van der Waals surface area contributed by atoms with Crippen LogP contribution in [0.4, 0.5) is 4.39 Å². The molecule has 0 N–H and O–H groups in total. The molecule has 1 heteroatoms. The van der Waals surface area contributed by atoms with E-state index in [2.05, 4.69) is 19.1 Å². The highest BCUT2D eigenvalue weighted by Crippen LogP contribution is 2.47. The molecular formula is C30H47F. The fourth-order valence-electron chi connectivity index (χ4n) is 7.52. The number of alkyl halides is 1. The van der Waals surface area contributed by atoms with E-state index < -0.39 is 0 Å². The summed E-state index contributed by atoms with van der Waals surface area (Å²) in [6.07, 6.45) is 23.6. The summed E-state index contributed by atoms with van der Waals surface area (Å²) in [5, 5.41) is 0. The molecule has 0 atom stereocenters. The Kier molecular flexibility index (Phi) is 8.91. The van der Waals surface area contributed by atoms with Crippen molar-refractivity contribution in [3.63, 3.8) is 0 Å². The largest absolute Gasteiger partial charge is 0.246 e. The first-order valence-electron chi connectivity index (χ1n) is 13.9. The van der Waals surface area contributed by atoms with Crippen LogP contribution in [0.25, 0.3) is 0 Å². The molecule has 0 nitrogen and oxygen atoms in total. The monoisotopic (exact) mass is 426 g/mol. The van der Waals surface area contributed by atoms with Gasteiger partial charge in [-0.3, -0.25) is 0 Å². The standard InChI is InChI=1S/C30H47F/c1-2-3-4-5-23-6-10-25(11-7-23)27-14-18-29(19-15-27)30-20-16-28(17-21-30)26-12-8-24(22-31)9-13-26/h8-9,12-13,23,25,27-30H,2-7,10-11,14-22H2,1H3/t23-,25-,27-,28?,29-,30?. The number of hydrogen-bond donors (Lipinski definition) is 0. The fraction of sp³-hybridized carbons (Fsp3) is 0.800. The molecule has 4 rings (SSSR count). The topological polar surface area (TPSA) is 0 Å². The van der Waals surface area contributed by atoms with Crippen LogP contribution in [-0.2, 0) is 6.67 Å². The third-order valence-electron chi connectivity index (χ3n) is 9.63. The molecule has 0 radical (unpaired) electrons. The van der Waals surface area contributed by atoms with Crippen LogP contribution in [0.3, 0.4) is 0 Å². The lowest BCUT2D eigenvalue weighted by Gasteiger charge is -2.41. The molecule has 3 saturated carbocycles. The van der Waals surface area contributed by atoms with Crippen molar-refractivity contribution in [3.05, 3.63) is 35.4 Å². The van der Waals surface area contributed by atoms with E-state index in [1.54, 1.807) is 12.8 Å². The number of unbranched alkanes of at least 4 members (excludes halogenated alkanes) is 2. The van der Waals surface area contributed by atoms with Gasteiger partial charge in [-0.05, 0) is 111 Å². The van der Waals surface area contributed by atoms with Gasteiger partial charge in [0.2, 0.25) is 0 Å². The Balaban J connectivity index is 1.15. The van der Waals surface area contributed by atoms with Crippen molar-refractivity contribution >= 4 is 0 Å². The summed E-state index contributed by atoms with van der Waals surface area (Å²) in [5.74, 6) is 5.88. The summed E-state index contributed by atoms with van der Waals surface area (Å²) < 4.78 is 12.8. The average Bonchev–Trinajstić information content (AvgIpc) is 2.85. The molecule has 1 aromatic carbocycles. The third-order valence-corrected chi connectivity index (χ3v) is 9.63. The van der Waals surface area contributed by atoms with E-state index >= 15 is 0 Å². The first-order valence-corrected chi connectivity index (χ1v) is 13.9. The summed E-state index contributed by atoms with van der Waals surface area (Å²) in [7, 11) is 0. The average molecular weight is 427 g/mol. The molecule has 0 aliphatic heterocycles. The van der Waals surface area contributed by atoms with Gasteiger partial charge in [0.1, 0.15) is 6.67 Å². The van der Waals surface area contributed by atoms with Crippen molar-refractivity contribution in [1.82, 2.24) is 0 Å². The third kappa shape index (κ3) is 6.35. The fourth-order valence-corrected chi connectivity index (χ4v) is 7.52. The smallest absolute Gasteiger partial charge is 0.115 e. The van der Waals surface area contributed by atoms with Crippen LogP contribution in [0, 0.1) is 29.6 Å². The SMILES string of the molecule is CCCCC[C@H]1CC[C@H]([C@H]2CC[C@H](C3CCC(c4ccc(CF)cc4)CC3)CC2)CC1. The predicted octanol–water partition coefficient (Wildman–Crippen LogP) is 9.62. The van der Waals surface area contributed by atoms with Crippen molar-refractivity contribution in [2.45, 2.75) is 122 Å². The number of halogens is 1. The van der Waals surface area contributed by atoms with Crippen molar-refractivity contribution in [3.8, 4) is 0 Å². The molecule has 3 fully saturated rings. The molecule has 0 saturated heterocycles. The highest BCUT2D eigenvalue weighted by Gasteiger charge is 2.34. The van der Waals surface area contributed by atoms with Gasteiger partial charge in [-0.1, -0.05) is 69.7 Å². The van der Waals surface area contributed by atoms with Crippen LogP contribution in [0.2, 0.25) is 0 Å². The van der Waals surface area contributed by atoms with Crippen molar-refractivity contribution < 1.29 is 4.39 Å². The first-order chi connectivity index (χ1) is 15.3. The van der Waals surface area contributed by atoms with Gasteiger partial charge < -0.3 is 0 Å². The Morgan fingerprint density at radius 3 is 1.61 bits per heavy atom. The van der Waals surface area contributed by atoms with E-state index in [1.807, 2.05) is 12.1 Å². The van der Waals surface area contributed by atoms with Crippen molar-refractivity contribution in [1.29, 1.82) is 0 Å². The molecule has 3 aliphatic carbocycles. The molecule has 0 unspecified atom stereocenters. The lowest BCUT2D eigenvalue weighted by Crippen LogP contribution is -2.29. The number of rotatable bonds is 8. The van der Waals surface area contributed by atoms with E-state index in [0.717, 1.165) is 35.2 Å². The first kappa shape index (κ1) is 23.3. The second kappa shape index (κ2) is 11.9. The highest BCUT2D eigenvalue weighted by atomic mass is 19.1. The summed E-state index contributed by atoms with van der Waals surface area (Å²) in [6, 6.07) is 8.34. The molecule has 0 aromatic heterocycles. The Hall–Kier alpha value is -0.850. The van der Waals surface area contributed by atoms with E-state index in [4.69, 9.17) is 0 Å². The van der Waals surface area contributed by atoms with Gasteiger partial charge in [-0.25, -0.2) is 4.39 Å². The Labute approximate surface area is 191 Å². The maximum absolute atomic E-state index is 12.8. The minimum atomic E-state index is -0.337. The van der Waals surface area contributed by atoms with Crippen LogP contribution in [0.1, 0.15) is 127 Å². The van der Waals surface area contributed by atoms with Gasteiger partial charge in [0.15, 0.2) is 0 Å². The summed E-state index contributed by atoms with van der Waals surface area (Å²) in [4.78, 5) is 0. The predicted molar refractivity (Wildman–Crippen MR) is 131 cm³/mol. The quantitative estimate of drug-likeness (QED) is 0.363. The summed E-state index contributed by atoms with van der Waals surface area (Å²) in [5.41, 5.74) is 2.27. The van der Waals surface area contributed by atoms with Crippen LogP contribution >= 0.6 is 0 Å². The molecule has 0 amide bonds. The minimum Gasteiger partial charge on any atom is -0.246 e. The number of benzene rings is 1.